The first-order valence-corrected chi connectivity index (χ1v) is 7.60. The summed E-state index contributed by atoms with van der Waals surface area (Å²) in [6.45, 7) is 1.87. The van der Waals surface area contributed by atoms with Crippen LogP contribution >= 0.6 is 43.5 Å². The van der Waals surface area contributed by atoms with Crippen LogP contribution in [0.3, 0.4) is 0 Å². The molecule has 0 amide bonds. The monoisotopic (exact) mass is 481 g/mol. The van der Waals surface area contributed by atoms with Gasteiger partial charge in [0.25, 0.3) is 0 Å². The normalized spacial score (nSPS) is 11.6. The Kier molecular flexibility index (Phi) is 6.85. The molecule has 0 saturated carbocycles. The van der Waals surface area contributed by atoms with Crippen molar-refractivity contribution in [1.29, 1.82) is 0 Å². The zero-order valence-electron chi connectivity index (χ0n) is 10.5. The third kappa shape index (κ3) is 4.38. The van der Waals surface area contributed by atoms with Crippen LogP contribution in [-0.4, -0.2) is 5.78 Å². The molecule has 0 aliphatic carbocycles. The van der Waals surface area contributed by atoms with Crippen molar-refractivity contribution in [1.82, 2.24) is 0 Å². The highest BCUT2D eigenvalue weighted by Gasteiger charge is 2.24. The number of carbonyl (C=O) groups is 1. The number of pyridine rings is 1. The number of carbonyl (C=O) groups excluding carboxylic acids is 1. The molecule has 2 nitrogen and oxygen atoms in total. The Bertz CT molecular complexity index is 596. The summed E-state index contributed by atoms with van der Waals surface area (Å²) in [6.07, 6.45) is 3.76. The van der Waals surface area contributed by atoms with Crippen molar-refractivity contribution >= 4 is 49.2 Å². The molecule has 20 heavy (non-hydrogen) atoms. The van der Waals surface area contributed by atoms with Crippen LogP contribution in [-0.2, 0) is 0 Å². The van der Waals surface area contributed by atoms with Crippen molar-refractivity contribution in [3.63, 3.8) is 0 Å². The van der Waals surface area contributed by atoms with Crippen LogP contribution < -0.4 is 21.5 Å². The Morgan fingerprint density at radius 3 is 2.15 bits per heavy atom. The van der Waals surface area contributed by atoms with Crippen LogP contribution in [0.25, 0.3) is 0 Å². The Morgan fingerprint density at radius 1 is 1.15 bits per heavy atom. The first-order valence-electron chi connectivity index (χ1n) is 5.64. The van der Waals surface area contributed by atoms with Crippen molar-refractivity contribution in [2.24, 2.45) is 0 Å². The fourth-order valence-electron chi connectivity index (χ4n) is 1.74. The number of aromatic nitrogens is 1. The van der Waals surface area contributed by atoms with E-state index >= 15 is 0 Å². The van der Waals surface area contributed by atoms with Gasteiger partial charge in [-0.05, 0) is 62.2 Å². The molecule has 0 saturated heterocycles. The van der Waals surface area contributed by atoms with Gasteiger partial charge in [0, 0.05) is 17.5 Å². The van der Waals surface area contributed by atoms with Gasteiger partial charge >= 0.3 is 0 Å². The van der Waals surface area contributed by atoms with Gasteiger partial charge in [-0.1, -0.05) is 11.6 Å². The summed E-state index contributed by atoms with van der Waals surface area (Å²) in [5.74, 6) is 0.0478. The molecule has 2 rings (SSSR count). The van der Waals surface area contributed by atoms with Crippen molar-refractivity contribution in [3.05, 3.63) is 62.3 Å². The van der Waals surface area contributed by atoms with E-state index in [9.17, 15) is 4.79 Å². The fourth-order valence-corrected chi connectivity index (χ4v) is 3.14. The minimum atomic E-state index is -0.282. The summed E-state index contributed by atoms with van der Waals surface area (Å²) in [7, 11) is 0. The molecule has 2 aromatic rings. The van der Waals surface area contributed by atoms with Crippen molar-refractivity contribution in [3.8, 4) is 0 Å². The van der Waals surface area contributed by atoms with Crippen molar-refractivity contribution in [2.75, 3.05) is 0 Å². The molecule has 0 spiro atoms. The van der Waals surface area contributed by atoms with Gasteiger partial charge in [0.05, 0.1) is 8.95 Å². The lowest BCUT2D eigenvalue weighted by atomic mass is 10.1. The summed E-state index contributed by atoms with van der Waals surface area (Å²) >= 11 is 12.7. The number of Topliss-reactive ketones (excluding diaryl/α,β-unsaturated/α-hetero) is 1. The lowest BCUT2D eigenvalue weighted by Gasteiger charge is -2.07. The highest BCUT2D eigenvalue weighted by molar-refractivity contribution is 9.11. The van der Waals surface area contributed by atoms with Crippen LogP contribution in [0, 0.1) is 0 Å². The zero-order chi connectivity index (χ0) is 14.0. The van der Waals surface area contributed by atoms with Crippen LogP contribution in [0.2, 0.25) is 5.02 Å². The van der Waals surface area contributed by atoms with Crippen LogP contribution in [0.5, 0.6) is 0 Å². The second-order valence-electron chi connectivity index (χ2n) is 4.17. The second-order valence-corrected chi connectivity index (χ2v) is 6.43. The number of hydrogen-bond donors (Lipinski definition) is 0. The molecule has 1 aromatic heterocycles. The minimum absolute atomic E-state index is 0. The van der Waals surface area contributed by atoms with Crippen LogP contribution in [0.1, 0.15) is 23.3 Å². The number of nitrogens with zero attached hydrogens (tertiary/aromatic N) is 1. The maximum Gasteiger partial charge on any atom is 0.230 e. The minimum Gasteiger partial charge on any atom is -1.00 e. The molecule has 1 unspecified atom stereocenters. The molecule has 6 heteroatoms. The lowest BCUT2D eigenvalue weighted by molar-refractivity contribution is -0.705. The lowest BCUT2D eigenvalue weighted by Crippen LogP contribution is -3.00. The molecule has 0 fully saturated rings. The largest absolute Gasteiger partial charge is 1.00 e. The maximum atomic E-state index is 12.4. The Hall–Kier alpha value is -0.230. The van der Waals surface area contributed by atoms with Gasteiger partial charge in [-0.25, -0.2) is 0 Å². The number of hydrogen-bond acceptors (Lipinski definition) is 1. The summed E-state index contributed by atoms with van der Waals surface area (Å²) < 4.78 is 3.70. The van der Waals surface area contributed by atoms with Gasteiger partial charge in [0.15, 0.2) is 12.4 Å². The fraction of sp³-hybridized carbons (Fsp3) is 0.143. The van der Waals surface area contributed by atoms with E-state index in [1.807, 2.05) is 30.0 Å². The van der Waals surface area contributed by atoms with Gasteiger partial charge < -0.3 is 17.0 Å². The topological polar surface area (TPSA) is 20.9 Å². The maximum absolute atomic E-state index is 12.4. The smallest absolute Gasteiger partial charge is 0.230 e. The Morgan fingerprint density at radius 2 is 1.65 bits per heavy atom. The third-order valence-electron chi connectivity index (χ3n) is 2.78. The van der Waals surface area contributed by atoms with E-state index in [1.54, 1.807) is 24.3 Å². The van der Waals surface area contributed by atoms with E-state index in [2.05, 4.69) is 31.9 Å². The molecule has 1 heterocycles. The molecule has 0 bridgehead atoms. The van der Waals surface area contributed by atoms with Gasteiger partial charge in [-0.2, -0.15) is 4.57 Å². The van der Waals surface area contributed by atoms with Gasteiger partial charge in [0.1, 0.15) is 0 Å². The summed E-state index contributed by atoms with van der Waals surface area (Å²) in [5.41, 5.74) is 0.653. The first-order chi connectivity index (χ1) is 8.97. The van der Waals surface area contributed by atoms with E-state index in [0.29, 0.717) is 10.6 Å². The molecular weight excluding hydrogens is 473 g/mol. The van der Waals surface area contributed by atoms with E-state index in [1.165, 1.54) is 0 Å². The average Bonchev–Trinajstić information content (AvgIpc) is 2.37. The molecule has 1 aromatic carbocycles. The molecule has 0 radical (unpaired) electrons. The van der Waals surface area contributed by atoms with E-state index in [4.69, 9.17) is 11.6 Å². The summed E-state index contributed by atoms with van der Waals surface area (Å²) in [6, 6.07) is 8.58. The number of halogens is 4. The molecule has 1 atom stereocenters. The SMILES string of the molecule is CC(C(=O)c1ccc(Cl)cc1)[n+]1cc(Br)cc(Br)c1.[Br-]. The molecule has 0 aliphatic heterocycles. The Balaban J connectivity index is 0.00000200. The molecule has 0 N–H and O–H groups in total. The zero-order valence-corrected chi connectivity index (χ0v) is 16.0. The number of benzene rings is 1. The highest BCUT2D eigenvalue weighted by Crippen LogP contribution is 2.17. The quantitative estimate of drug-likeness (QED) is 0.479. The number of ketones is 1. The Labute approximate surface area is 150 Å². The molecule has 106 valence electrons. The first kappa shape index (κ1) is 17.8. The van der Waals surface area contributed by atoms with Crippen molar-refractivity contribution < 1.29 is 26.3 Å². The van der Waals surface area contributed by atoms with Gasteiger partial charge in [-0.3, -0.25) is 4.79 Å². The van der Waals surface area contributed by atoms with Gasteiger partial charge in [0.2, 0.25) is 11.8 Å². The second kappa shape index (κ2) is 7.69. The summed E-state index contributed by atoms with van der Waals surface area (Å²) in [4.78, 5) is 12.4. The van der Waals surface area contributed by atoms with E-state index in [0.717, 1.165) is 8.95 Å². The predicted octanol–water partition coefficient (Wildman–Crippen LogP) is 1.60. The predicted molar refractivity (Wildman–Crippen MR) is 82.5 cm³/mol. The molecule has 0 aliphatic rings. The van der Waals surface area contributed by atoms with Crippen LogP contribution in [0.4, 0.5) is 0 Å². The van der Waals surface area contributed by atoms with Crippen molar-refractivity contribution in [2.45, 2.75) is 13.0 Å². The average molecular weight is 484 g/mol. The third-order valence-corrected chi connectivity index (χ3v) is 3.90. The molecular formula is C14H11Br3ClNO. The highest BCUT2D eigenvalue weighted by atomic mass is 79.9. The standard InChI is InChI=1S/C14H11Br2ClNO.BrH/c1-9(18-7-11(15)6-12(16)8-18)14(19)10-2-4-13(17)5-3-10;/h2-9H,1H3;1H/q+1;/p-1. The number of rotatable bonds is 3. The van der Waals surface area contributed by atoms with Gasteiger partial charge in [-0.15, -0.1) is 0 Å². The van der Waals surface area contributed by atoms with Crippen LogP contribution in [0.15, 0.2) is 51.7 Å². The van der Waals surface area contributed by atoms with E-state index in [-0.39, 0.29) is 28.8 Å². The summed E-state index contributed by atoms with van der Waals surface area (Å²) in [5, 5.41) is 0.627. The van der Waals surface area contributed by atoms with E-state index < -0.39 is 0 Å².